The van der Waals surface area contributed by atoms with E-state index in [4.69, 9.17) is 0 Å². The zero-order valence-corrected chi connectivity index (χ0v) is 11.7. The van der Waals surface area contributed by atoms with Crippen LogP contribution >= 0.6 is 11.8 Å². The first-order valence-electron chi connectivity index (χ1n) is 6.20. The molecule has 1 heterocycles. The number of rotatable bonds is 6. The Kier molecular flexibility index (Phi) is 4.84. The van der Waals surface area contributed by atoms with E-state index < -0.39 is 0 Å². The molecule has 3 nitrogen and oxygen atoms in total. The summed E-state index contributed by atoms with van der Waals surface area (Å²) in [7, 11) is 1.97. The maximum atomic E-state index is 4.39. The second-order valence-electron chi connectivity index (χ2n) is 4.10. The number of nitrogens with zero attached hydrogens (tertiary/aromatic N) is 2. The van der Waals surface area contributed by atoms with Gasteiger partial charge in [-0.05, 0) is 31.7 Å². The third-order valence-electron chi connectivity index (χ3n) is 2.79. The van der Waals surface area contributed by atoms with Crippen LogP contribution in [0.15, 0.2) is 41.6 Å². The van der Waals surface area contributed by atoms with Crippen LogP contribution in [0.25, 0.3) is 0 Å². The molecule has 0 amide bonds. The number of nitrogens with one attached hydrogen (secondary N) is 1. The van der Waals surface area contributed by atoms with Crippen molar-refractivity contribution in [3.8, 4) is 0 Å². The van der Waals surface area contributed by atoms with Crippen molar-refractivity contribution in [2.24, 2.45) is 0 Å². The number of aryl methyl sites for hydroxylation is 1. The van der Waals surface area contributed by atoms with E-state index >= 15 is 0 Å². The Balaban J connectivity index is 1.99. The van der Waals surface area contributed by atoms with Gasteiger partial charge in [-0.25, -0.2) is 4.98 Å². The van der Waals surface area contributed by atoms with Gasteiger partial charge in [0.25, 0.3) is 0 Å². The third-order valence-corrected chi connectivity index (χ3v) is 3.78. The third kappa shape index (κ3) is 3.37. The second kappa shape index (κ2) is 6.61. The molecule has 0 aliphatic rings. The van der Waals surface area contributed by atoms with Gasteiger partial charge in [0.1, 0.15) is 5.82 Å². The molecule has 2 rings (SSSR count). The van der Waals surface area contributed by atoms with Crippen LogP contribution in [0.3, 0.4) is 0 Å². The van der Waals surface area contributed by atoms with Gasteiger partial charge in [0.2, 0.25) is 0 Å². The minimum Gasteiger partial charge on any atom is -0.335 e. The first kappa shape index (κ1) is 13.2. The Morgan fingerprint density at radius 2 is 2.28 bits per heavy atom. The van der Waals surface area contributed by atoms with Crippen LogP contribution in [0, 0.1) is 0 Å². The molecule has 1 aromatic heterocycles. The average Bonchev–Trinajstić information content (AvgIpc) is 2.84. The molecule has 4 heteroatoms. The molecule has 0 atom stereocenters. The summed E-state index contributed by atoms with van der Waals surface area (Å²) < 4.78 is 2.18. The predicted octanol–water partition coefficient (Wildman–Crippen LogP) is 2.91. The Morgan fingerprint density at radius 3 is 3.06 bits per heavy atom. The molecule has 2 aromatic rings. The average molecular weight is 261 g/mol. The van der Waals surface area contributed by atoms with E-state index in [1.54, 1.807) is 0 Å². The van der Waals surface area contributed by atoms with E-state index in [1.807, 2.05) is 31.2 Å². The lowest BCUT2D eigenvalue weighted by molar-refractivity contribution is 0.725. The standard InChI is InChI=1S/C14H19N3S/c1-3-17-8-7-16-14(17)11-18-13-6-4-5-12(9-13)10-15-2/h4-9,15H,3,10-11H2,1-2H3. The van der Waals surface area contributed by atoms with Crippen molar-refractivity contribution >= 4 is 11.8 Å². The summed E-state index contributed by atoms with van der Waals surface area (Å²) in [4.78, 5) is 5.69. The van der Waals surface area contributed by atoms with Crippen molar-refractivity contribution in [1.82, 2.24) is 14.9 Å². The van der Waals surface area contributed by atoms with Gasteiger partial charge in [-0.2, -0.15) is 0 Å². The van der Waals surface area contributed by atoms with Crippen molar-refractivity contribution < 1.29 is 0 Å². The van der Waals surface area contributed by atoms with E-state index in [2.05, 4.69) is 46.1 Å². The largest absolute Gasteiger partial charge is 0.335 e. The van der Waals surface area contributed by atoms with E-state index in [0.717, 1.165) is 24.7 Å². The van der Waals surface area contributed by atoms with Gasteiger partial charge in [-0.3, -0.25) is 0 Å². The smallest absolute Gasteiger partial charge is 0.119 e. The second-order valence-corrected chi connectivity index (χ2v) is 5.14. The van der Waals surface area contributed by atoms with Crippen molar-refractivity contribution in [3.63, 3.8) is 0 Å². The maximum absolute atomic E-state index is 4.39. The maximum Gasteiger partial charge on any atom is 0.119 e. The van der Waals surface area contributed by atoms with E-state index in [0.29, 0.717) is 0 Å². The number of hydrogen-bond donors (Lipinski definition) is 1. The predicted molar refractivity (Wildman–Crippen MR) is 76.7 cm³/mol. The molecule has 96 valence electrons. The van der Waals surface area contributed by atoms with E-state index in [9.17, 15) is 0 Å². The lowest BCUT2D eigenvalue weighted by atomic mass is 10.2. The molecule has 0 aliphatic heterocycles. The van der Waals surface area contributed by atoms with Gasteiger partial charge >= 0.3 is 0 Å². The fourth-order valence-corrected chi connectivity index (χ4v) is 2.81. The van der Waals surface area contributed by atoms with Gasteiger partial charge < -0.3 is 9.88 Å². The molecule has 0 radical (unpaired) electrons. The number of thioether (sulfide) groups is 1. The number of benzene rings is 1. The van der Waals surface area contributed by atoms with Crippen molar-refractivity contribution in [2.45, 2.75) is 30.7 Å². The molecule has 18 heavy (non-hydrogen) atoms. The Morgan fingerprint density at radius 1 is 1.39 bits per heavy atom. The summed E-state index contributed by atoms with van der Waals surface area (Å²) >= 11 is 1.84. The van der Waals surface area contributed by atoms with Gasteiger partial charge in [-0.15, -0.1) is 11.8 Å². The van der Waals surface area contributed by atoms with Crippen LogP contribution in [0.4, 0.5) is 0 Å². The zero-order chi connectivity index (χ0) is 12.8. The Labute approximate surface area is 113 Å². The van der Waals surface area contributed by atoms with Crippen molar-refractivity contribution in [2.75, 3.05) is 7.05 Å². The van der Waals surface area contributed by atoms with Crippen LogP contribution in [0.1, 0.15) is 18.3 Å². The molecule has 0 aliphatic carbocycles. The number of aromatic nitrogens is 2. The van der Waals surface area contributed by atoms with Gasteiger partial charge in [0, 0.05) is 30.4 Å². The highest BCUT2D eigenvalue weighted by atomic mass is 32.2. The molecule has 0 fully saturated rings. The summed E-state index contributed by atoms with van der Waals surface area (Å²) in [6, 6.07) is 8.65. The fraction of sp³-hybridized carbons (Fsp3) is 0.357. The van der Waals surface area contributed by atoms with Crippen molar-refractivity contribution in [1.29, 1.82) is 0 Å². The molecule has 0 bridgehead atoms. The molecule has 1 aromatic carbocycles. The van der Waals surface area contributed by atoms with Gasteiger partial charge in [0.15, 0.2) is 0 Å². The highest BCUT2D eigenvalue weighted by molar-refractivity contribution is 7.98. The van der Waals surface area contributed by atoms with Crippen molar-refractivity contribution in [3.05, 3.63) is 48.0 Å². The lowest BCUT2D eigenvalue weighted by Gasteiger charge is -2.06. The first-order valence-corrected chi connectivity index (χ1v) is 7.18. The lowest BCUT2D eigenvalue weighted by Crippen LogP contribution is -2.04. The number of hydrogen-bond acceptors (Lipinski definition) is 3. The van der Waals surface area contributed by atoms with E-state index in [-0.39, 0.29) is 0 Å². The Bertz CT molecular complexity index is 493. The highest BCUT2D eigenvalue weighted by Crippen LogP contribution is 2.23. The highest BCUT2D eigenvalue weighted by Gasteiger charge is 2.02. The summed E-state index contributed by atoms with van der Waals surface area (Å²) in [5.41, 5.74) is 1.32. The first-order chi connectivity index (χ1) is 8.83. The van der Waals surface area contributed by atoms with Crippen LogP contribution in [-0.2, 0) is 18.8 Å². The monoisotopic (exact) mass is 261 g/mol. The molecule has 0 saturated carbocycles. The van der Waals surface area contributed by atoms with E-state index in [1.165, 1.54) is 10.5 Å². The summed E-state index contributed by atoms with van der Waals surface area (Å²) in [6.45, 7) is 4.04. The van der Waals surface area contributed by atoms with Crippen LogP contribution in [0.2, 0.25) is 0 Å². The van der Waals surface area contributed by atoms with Gasteiger partial charge in [0.05, 0.1) is 5.75 Å². The minimum absolute atomic E-state index is 0.915. The summed E-state index contributed by atoms with van der Waals surface area (Å²) in [5.74, 6) is 2.06. The summed E-state index contributed by atoms with van der Waals surface area (Å²) in [6.07, 6.45) is 3.91. The molecule has 0 spiro atoms. The normalized spacial score (nSPS) is 10.8. The van der Waals surface area contributed by atoms with Crippen LogP contribution in [0.5, 0.6) is 0 Å². The van der Waals surface area contributed by atoms with Crippen LogP contribution in [-0.4, -0.2) is 16.6 Å². The molecule has 0 saturated heterocycles. The number of imidazole rings is 1. The Hall–Kier alpha value is -1.26. The summed E-state index contributed by atoms with van der Waals surface area (Å²) in [5, 5.41) is 3.17. The molecule has 0 unspecified atom stereocenters. The fourth-order valence-electron chi connectivity index (χ4n) is 1.87. The van der Waals surface area contributed by atoms with Gasteiger partial charge in [-0.1, -0.05) is 12.1 Å². The minimum atomic E-state index is 0.915. The van der Waals surface area contributed by atoms with Crippen LogP contribution < -0.4 is 5.32 Å². The molecule has 1 N–H and O–H groups in total. The molecular formula is C14H19N3S. The zero-order valence-electron chi connectivity index (χ0n) is 10.9. The SMILES string of the molecule is CCn1ccnc1CSc1cccc(CNC)c1. The topological polar surface area (TPSA) is 29.9 Å². The molecular weight excluding hydrogens is 242 g/mol. The quantitative estimate of drug-likeness (QED) is 0.811.